The van der Waals surface area contributed by atoms with Gasteiger partial charge in [0, 0.05) is 0 Å². The van der Waals surface area contributed by atoms with Crippen LogP contribution in [0, 0.1) is 27.7 Å². The Morgan fingerprint density at radius 2 is 0.337 bits per heavy atom. The van der Waals surface area contributed by atoms with Gasteiger partial charge < -0.3 is 37.2 Å². The second-order valence-corrected chi connectivity index (χ2v) is 29.2. The van der Waals surface area contributed by atoms with Crippen molar-refractivity contribution in [2.75, 3.05) is 0 Å². The van der Waals surface area contributed by atoms with Crippen molar-refractivity contribution in [2.24, 2.45) is 0 Å². The van der Waals surface area contributed by atoms with E-state index in [2.05, 4.69) is 275 Å². The quantitative estimate of drug-likeness (QED) is 0.0360. The smallest absolute Gasteiger partial charge is 1.00 e. The summed E-state index contributed by atoms with van der Waals surface area (Å²) in [5.74, 6) is 0. The molecule has 0 radical (unpaired) electrons. The summed E-state index contributed by atoms with van der Waals surface area (Å²) < 4.78 is 0. The number of rotatable bonds is 22. The predicted octanol–water partition coefficient (Wildman–Crippen LogP) is 11.8. The van der Waals surface area contributed by atoms with Gasteiger partial charge in [-0.25, -0.2) is 0 Å². The minimum atomic E-state index is -3.65. The first kappa shape index (κ1) is 75.2. The number of aryl methyl sites for hydroxylation is 12. The van der Waals surface area contributed by atoms with E-state index < -0.39 is 8.07 Å². The van der Waals surface area contributed by atoms with Gasteiger partial charge in [-0.15, -0.1) is 5.19 Å². The minimum Gasteiger partial charge on any atom is -1.00 e. The van der Waals surface area contributed by atoms with Gasteiger partial charge in [-0.2, -0.15) is 22.3 Å². The Hall–Kier alpha value is -5.87. The maximum Gasteiger partial charge on any atom is 4.00 e. The molecular weight excluding hydrogens is 1230 g/mol. The maximum atomic E-state index is 2.71. The standard InChI is InChI=1S/C87H99Si.3ClH.Ti/c1-17-60-29-61(18-2)36-72(35-60)78-47-79(73-37-62(19-3)30-63(20-4)38-73)51-84(50-78)88(87-58(15)56(13)57(14)59(87)16,85-52-80(74-39-64(21-5)31-65(22-6)40-74)48-81(53-85)75-41-66(23-7)32-67(24-8)42-75)86-54-82(76-43-68(25-9)33-69(26-10)44-76)49-83(55-86)77-45-70(27-11)34-71(28-12)46-77;;;;/h29-55H,17-28H2,1-16H3;3*1H;/q-1;;;;+4/p-3. The topological polar surface area (TPSA) is 0 Å². The van der Waals surface area contributed by atoms with Crippen LogP contribution in [-0.2, 0) is 98.8 Å². The van der Waals surface area contributed by atoms with Crippen molar-refractivity contribution in [1.29, 1.82) is 0 Å². The molecule has 0 N–H and O–H groups in total. The van der Waals surface area contributed by atoms with Crippen molar-refractivity contribution in [3.05, 3.63) is 253 Å². The van der Waals surface area contributed by atoms with E-state index in [1.54, 1.807) is 0 Å². The minimum absolute atomic E-state index is 0. The molecule has 10 rings (SSSR count). The summed E-state index contributed by atoms with van der Waals surface area (Å²) in [6.45, 7) is 37.6. The number of halogens is 3. The second kappa shape index (κ2) is 33.0. The molecule has 10 aromatic rings. The molecule has 0 unspecified atom stereocenters. The average Bonchev–Trinajstić information content (AvgIpc) is 1.27. The van der Waals surface area contributed by atoms with E-state index in [0.29, 0.717) is 0 Å². The van der Waals surface area contributed by atoms with Gasteiger partial charge in [0.2, 0.25) is 0 Å². The molecule has 5 heteroatoms. The van der Waals surface area contributed by atoms with Crippen LogP contribution in [-0.4, -0.2) is 8.07 Å². The molecule has 0 saturated carbocycles. The Morgan fingerprint density at radius 3 is 0.467 bits per heavy atom. The third-order valence-electron chi connectivity index (χ3n) is 20.1. The van der Waals surface area contributed by atoms with Gasteiger partial charge in [0.15, 0.2) is 0 Å². The summed E-state index contributed by atoms with van der Waals surface area (Å²) in [5, 5.41) is 5.78. The maximum absolute atomic E-state index is 3.65. The van der Waals surface area contributed by atoms with Crippen molar-refractivity contribution < 1.29 is 58.9 Å². The molecule has 0 heterocycles. The first-order valence-electron chi connectivity index (χ1n) is 34.1. The van der Waals surface area contributed by atoms with Gasteiger partial charge in [0.25, 0.3) is 0 Å². The van der Waals surface area contributed by atoms with Gasteiger partial charge in [-0.1, -0.05) is 272 Å². The molecule has 0 aliphatic rings. The molecule has 0 fully saturated rings. The zero-order chi connectivity index (χ0) is 62.6. The van der Waals surface area contributed by atoms with E-state index in [9.17, 15) is 0 Å². The number of benzene rings is 9. The summed E-state index contributed by atoms with van der Waals surface area (Å²) in [6.07, 6.45) is 11.8. The zero-order valence-corrected chi connectivity index (χ0v) is 63.0. The Kier molecular flexibility index (Phi) is 27.0. The van der Waals surface area contributed by atoms with E-state index >= 15 is 0 Å². The van der Waals surface area contributed by atoms with Crippen molar-refractivity contribution in [3.8, 4) is 66.8 Å². The Labute approximate surface area is 590 Å². The first-order valence-corrected chi connectivity index (χ1v) is 36.1. The second-order valence-electron chi connectivity index (χ2n) is 25.5. The Morgan fingerprint density at radius 1 is 0.207 bits per heavy atom. The molecular formula is C87H99Cl3SiTi. The Balaban J connectivity index is 0.00000336. The fourth-order valence-electron chi connectivity index (χ4n) is 14.3. The molecule has 0 amide bonds. The van der Waals surface area contributed by atoms with Gasteiger partial charge in [0.1, 0.15) is 8.07 Å². The van der Waals surface area contributed by atoms with E-state index in [4.69, 9.17) is 0 Å². The van der Waals surface area contributed by atoms with E-state index in [-0.39, 0.29) is 58.9 Å². The van der Waals surface area contributed by atoms with Gasteiger partial charge >= 0.3 is 21.7 Å². The molecule has 0 aliphatic carbocycles. The van der Waals surface area contributed by atoms with Crippen LogP contribution >= 0.6 is 0 Å². The van der Waals surface area contributed by atoms with Gasteiger partial charge in [-0.3, -0.25) is 0 Å². The normalized spacial score (nSPS) is 11.2. The van der Waals surface area contributed by atoms with E-state index in [1.807, 2.05) is 0 Å². The van der Waals surface area contributed by atoms with Crippen LogP contribution in [0.15, 0.2) is 164 Å². The molecule has 0 aromatic heterocycles. The molecule has 0 aliphatic heterocycles. The Bertz CT molecular complexity index is 3430. The molecule has 0 nitrogen and oxygen atoms in total. The summed E-state index contributed by atoms with van der Waals surface area (Å²) in [6, 6.07) is 68.7. The van der Waals surface area contributed by atoms with E-state index in [1.165, 1.54) is 177 Å². The summed E-state index contributed by atoms with van der Waals surface area (Å²) >= 11 is 0. The number of hydrogen-bond donors (Lipinski definition) is 0. The number of hydrogen-bond acceptors (Lipinski definition) is 0. The van der Waals surface area contributed by atoms with Crippen molar-refractivity contribution in [1.82, 2.24) is 0 Å². The molecule has 0 spiro atoms. The van der Waals surface area contributed by atoms with Crippen LogP contribution < -0.4 is 58.0 Å². The molecule has 0 bridgehead atoms. The summed E-state index contributed by atoms with van der Waals surface area (Å²) in [4.78, 5) is 0. The monoisotopic (exact) mass is 1320 g/mol. The largest absolute Gasteiger partial charge is 4.00 e. The average molecular weight is 1330 g/mol. The third-order valence-corrected chi connectivity index (χ3v) is 25.1. The SMILES string of the molecule is CCc1cc(CC)cc(-c2cc(-c3cc(CC)cc(CC)c3)cc([Si](c3cc(-c4cc(CC)cc(CC)c4)cc(-c4cc(CC)cc(CC)c4)c3)(c3cc(-c4cc(CC)cc(CC)c4)cc(-c4cc(CC)cc(CC)c4)c3)[c-]3c(C)c(C)c(C)c3C)c2)c1.[Cl-].[Cl-].[Cl-].[Ti+4]. The summed E-state index contributed by atoms with van der Waals surface area (Å²) in [7, 11) is -3.65. The molecule has 10 aromatic carbocycles. The van der Waals surface area contributed by atoms with Crippen molar-refractivity contribution in [3.63, 3.8) is 0 Å². The van der Waals surface area contributed by atoms with Crippen LogP contribution in [0.3, 0.4) is 0 Å². The molecule has 92 heavy (non-hydrogen) atoms. The predicted molar refractivity (Wildman–Crippen MR) is 390 cm³/mol. The van der Waals surface area contributed by atoms with Crippen LogP contribution in [0.2, 0.25) is 0 Å². The molecule has 0 atom stereocenters. The van der Waals surface area contributed by atoms with Crippen LogP contribution in [0.4, 0.5) is 0 Å². The molecule has 476 valence electrons. The van der Waals surface area contributed by atoms with Gasteiger partial charge in [-0.05, 0) is 229 Å². The zero-order valence-electron chi connectivity index (χ0n) is 58.2. The molecule has 0 saturated heterocycles. The van der Waals surface area contributed by atoms with Crippen LogP contribution in [0.1, 0.15) is 172 Å². The van der Waals surface area contributed by atoms with Crippen molar-refractivity contribution >= 4 is 28.8 Å². The van der Waals surface area contributed by atoms with Crippen LogP contribution in [0.25, 0.3) is 66.8 Å². The first-order chi connectivity index (χ1) is 42.6. The van der Waals surface area contributed by atoms with E-state index in [0.717, 1.165) is 77.0 Å². The van der Waals surface area contributed by atoms with Crippen molar-refractivity contribution in [2.45, 2.75) is 188 Å². The van der Waals surface area contributed by atoms with Gasteiger partial charge in [0.05, 0.1) is 0 Å². The summed E-state index contributed by atoms with van der Waals surface area (Å²) in [5.41, 5.74) is 37.8. The fourth-order valence-corrected chi connectivity index (χ4v) is 19.9. The van der Waals surface area contributed by atoms with Crippen LogP contribution in [0.5, 0.6) is 0 Å². The fraction of sp³-hybridized carbons (Fsp3) is 0.322. The third kappa shape index (κ3) is 15.4.